The highest BCUT2D eigenvalue weighted by atomic mass is 35.5. The first-order valence-electron chi connectivity index (χ1n) is 10.6. The van der Waals surface area contributed by atoms with Crippen LogP contribution in [0.5, 0.6) is 0 Å². The molecule has 0 spiro atoms. The standard InChI is InChI=1S/C25H24Cl2N4O2/c1-31(24(33)25(10-11-25)20-7-6-18(26)14-21(20)27)15-22(28)16-2-4-17(5-3-16)23(32)30-19-8-12-29-13-9-19/h2-9,12-14,22H,10-11,15,28H2,1H3,(H,29,30,32). The van der Waals surface area contributed by atoms with E-state index in [2.05, 4.69) is 10.3 Å². The van der Waals surface area contributed by atoms with Gasteiger partial charge in [0, 0.05) is 53.3 Å². The van der Waals surface area contributed by atoms with Gasteiger partial charge in [-0.1, -0.05) is 41.4 Å². The van der Waals surface area contributed by atoms with Crippen molar-refractivity contribution < 1.29 is 9.59 Å². The van der Waals surface area contributed by atoms with Crippen molar-refractivity contribution in [2.24, 2.45) is 5.73 Å². The molecule has 1 saturated carbocycles. The van der Waals surface area contributed by atoms with Gasteiger partial charge in [-0.3, -0.25) is 14.6 Å². The molecule has 1 aliphatic carbocycles. The first kappa shape index (κ1) is 23.2. The molecule has 0 radical (unpaired) electrons. The van der Waals surface area contributed by atoms with Crippen LogP contribution < -0.4 is 11.1 Å². The molecule has 8 heteroatoms. The number of anilines is 1. The molecule has 170 valence electrons. The molecular formula is C25H24Cl2N4O2. The molecule has 6 nitrogen and oxygen atoms in total. The monoisotopic (exact) mass is 482 g/mol. The highest BCUT2D eigenvalue weighted by molar-refractivity contribution is 6.35. The number of rotatable bonds is 7. The van der Waals surface area contributed by atoms with Crippen LogP contribution in [0.15, 0.2) is 67.0 Å². The lowest BCUT2D eigenvalue weighted by atomic mass is 9.94. The van der Waals surface area contributed by atoms with Crippen molar-refractivity contribution in [3.63, 3.8) is 0 Å². The average molecular weight is 483 g/mol. The molecule has 1 fully saturated rings. The normalized spacial score (nSPS) is 14.9. The van der Waals surface area contributed by atoms with Crippen molar-refractivity contribution >= 4 is 40.7 Å². The minimum Gasteiger partial charge on any atom is -0.343 e. The second-order valence-corrected chi connectivity index (χ2v) is 9.15. The number of nitrogens with one attached hydrogen (secondary N) is 1. The Morgan fingerprint density at radius 3 is 2.36 bits per heavy atom. The van der Waals surface area contributed by atoms with Crippen LogP contribution in [0.4, 0.5) is 5.69 Å². The summed E-state index contributed by atoms with van der Waals surface area (Å²) in [6, 6.07) is 15.4. The number of likely N-dealkylation sites (N-methyl/N-ethyl adjacent to an activating group) is 1. The zero-order valence-corrected chi connectivity index (χ0v) is 19.6. The molecule has 0 bridgehead atoms. The van der Waals surface area contributed by atoms with Crippen molar-refractivity contribution in [1.82, 2.24) is 9.88 Å². The number of amides is 2. The summed E-state index contributed by atoms with van der Waals surface area (Å²) in [6.45, 7) is 0.342. The summed E-state index contributed by atoms with van der Waals surface area (Å²) in [4.78, 5) is 31.3. The van der Waals surface area contributed by atoms with Gasteiger partial charge >= 0.3 is 0 Å². The molecular weight excluding hydrogens is 459 g/mol. The fraction of sp³-hybridized carbons (Fsp3) is 0.240. The Balaban J connectivity index is 1.40. The average Bonchev–Trinajstić information content (AvgIpc) is 3.61. The van der Waals surface area contributed by atoms with Crippen LogP contribution in [-0.4, -0.2) is 35.3 Å². The maximum absolute atomic E-state index is 13.3. The molecule has 4 rings (SSSR count). The summed E-state index contributed by atoms with van der Waals surface area (Å²) < 4.78 is 0. The maximum atomic E-state index is 13.3. The van der Waals surface area contributed by atoms with E-state index in [1.165, 1.54) is 0 Å². The molecule has 1 heterocycles. The van der Waals surface area contributed by atoms with Crippen molar-refractivity contribution in [2.45, 2.75) is 24.3 Å². The van der Waals surface area contributed by atoms with Gasteiger partial charge in [0.15, 0.2) is 0 Å². The summed E-state index contributed by atoms with van der Waals surface area (Å²) in [7, 11) is 1.75. The second-order valence-electron chi connectivity index (χ2n) is 8.31. The van der Waals surface area contributed by atoms with Gasteiger partial charge in [0.1, 0.15) is 0 Å². The van der Waals surface area contributed by atoms with E-state index in [9.17, 15) is 9.59 Å². The summed E-state index contributed by atoms with van der Waals surface area (Å²) in [5.41, 5.74) is 8.62. The van der Waals surface area contributed by atoms with E-state index in [4.69, 9.17) is 28.9 Å². The molecule has 2 aromatic carbocycles. The van der Waals surface area contributed by atoms with Gasteiger partial charge in [0.2, 0.25) is 5.91 Å². The zero-order chi connectivity index (χ0) is 23.6. The minimum absolute atomic E-state index is 0.00415. The number of nitrogens with two attached hydrogens (primary N) is 1. The van der Waals surface area contributed by atoms with Gasteiger partial charge in [-0.15, -0.1) is 0 Å². The van der Waals surface area contributed by atoms with Crippen LogP contribution in [0.1, 0.15) is 40.4 Å². The van der Waals surface area contributed by atoms with E-state index in [0.717, 1.165) is 24.0 Å². The van der Waals surface area contributed by atoms with E-state index in [-0.39, 0.29) is 11.8 Å². The first-order valence-corrected chi connectivity index (χ1v) is 11.3. The second kappa shape index (κ2) is 9.51. The number of hydrogen-bond acceptors (Lipinski definition) is 4. The molecule has 1 aliphatic rings. The minimum atomic E-state index is -0.606. The smallest absolute Gasteiger partial charge is 0.255 e. The largest absolute Gasteiger partial charge is 0.343 e. The van der Waals surface area contributed by atoms with Crippen molar-refractivity contribution in [1.29, 1.82) is 0 Å². The number of carbonyl (C=O) groups is 2. The molecule has 1 unspecified atom stereocenters. The predicted octanol–water partition coefficient (Wildman–Crippen LogP) is 4.83. The van der Waals surface area contributed by atoms with Crippen LogP contribution in [0.2, 0.25) is 10.0 Å². The van der Waals surface area contributed by atoms with E-state index >= 15 is 0 Å². The third-order valence-corrected chi connectivity index (χ3v) is 6.51. The van der Waals surface area contributed by atoms with Gasteiger partial charge < -0.3 is 16.0 Å². The number of benzene rings is 2. The lowest BCUT2D eigenvalue weighted by Crippen LogP contribution is -2.40. The molecule has 3 aromatic rings. The van der Waals surface area contributed by atoms with E-state index < -0.39 is 11.5 Å². The van der Waals surface area contributed by atoms with E-state index in [1.54, 1.807) is 60.7 Å². The highest BCUT2D eigenvalue weighted by Crippen LogP contribution is 2.52. The Morgan fingerprint density at radius 1 is 1.09 bits per heavy atom. The first-order chi connectivity index (χ1) is 15.8. The van der Waals surface area contributed by atoms with Crippen LogP contribution in [0.25, 0.3) is 0 Å². The fourth-order valence-corrected chi connectivity index (χ4v) is 4.56. The summed E-state index contributed by atoms with van der Waals surface area (Å²) >= 11 is 12.4. The number of nitrogens with zero attached hydrogens (tertiary/aromatic N) is 2. The summed E-state index contributed by atoms with van der Waals surface area (Å²) in [5, 5.41) is 3.87. The Bertz CT molecular complexity index is 1160. The van der Waals surface area contributed by atoms with Gasteiger partial charge in [0.05, 0.1) is 5.41 Å². The Morgan fingerprint density at radius 2 is 1.76 bits per heavy atom. The van der Waals surface area contributed by atoms with Gasteiger partial charge in [0.25, 0.3) is 5.91 Å². The summed E-state index contributed by atoms with van der Waals surface area (Å²) in [5.74, 6) is -0.223. The number of aromatic nitrogens is 1. The van der Waals surface area contributed by atoms with E-state index in [0.29, 0.717) is 27.8 Å². The molecule has 0 aliphatic heterocycles. The molecule has 3 N–H and O–H groups in total. The third-order valence-electron chi connectivity index (χ3n) is 5.96. The maximum Gasteiger partial charge on any atom is 0.255 e. The summed E-state index contributed by atoms with van der Waals surface area (Å²) in [6.07, 6.45) is 4.71. The van der Waals surface area contributed by atoms with Gasteiger partial charge in [-0.05, 0) is 60.4 Å². The zero-order valence-electron chi connectivity index (χ0n) is 18.1. The Kier molecular flexibility index (Phi) is 6.70. The number of hydrogen-bond donors (Lipinski definition) is 2. The lowest BCUT2D eigenvalue weighted by Gasteiger charge is -2.27. The predicted molar refractivity (Wildman–Crippen MR) is 131 cm³/mol. The Hall–Kier alpha value is -2.93. The molecule has 1 aromatic heterocycles. The molecule has 33 heavy (non-hydrogen) atoms. The molecule has 2 amide bonds. The number of carbonyl (C=O) groups excluding carboxylic acids is 2. The Labute approximate surface area is 202 Å². The topological polar surface area (TPSA) is 88.3 Å². The number of halogens is 2. The fourth-order valence-electron chi connectivity index (χ4n) is 3.97. The van der Waals surface area contributed by atoms with Gasteiger partial charge in [-0.2, -0.15) is 0 Å². The number of pyridine rings is 1. The van der Waals surface area contributed by atoms with E-state index in [1.807, 2.05) is 18.2 Å². The quantitative estimate of drug-likeness (QED) is 0.504. The van der Waals surface area contributed by atoms with Crippen molar-refractivity contribution in [3.05, 3.63) is 93.7 Å². The van der Waals surface area contributed by atoms with Crippen LogP contribution >= 0.6 is 23.2 Å². The third kappa shape index (κ3) is 5.03. The van der Waals surface area contributed by atoms with Crippen LogP contribution in [0, 0.1) is 0 Å². The van der Waals surface area contributed by atoms with Crippen molar-refractivity contribution in [2.75, 3.05) is 18.9 Å². The van der Waals surface area contributed by atoms with Crippen LogP contribution in [0.3, 0.4) is 0 Å². The van der Waals surface area contributed by atoms with Crippen LogP contribution in [-0.2, 0) is 10.2 Å². The van der Waals surface area contributed by atoms with Crippen molar-refractivity contribution in [3.8, 4) is 0 Å². The van der Waals surface area contributed by atoms with Gasteiger partial charge in [-0.25, -0.2) is 0 Å². The molecule has 0 saturated heterocycles. The molecule has 1 atom stereocenters. The lowest BCUT2D eigenvalue weighted by molar-refractivity contribution is -0.132. The SMILES string of the molecule is CN(CC(N)c1ccc(C(=O)Nc2ccncc2)cc1)C(=O)C1(c2ccc(Cl)cc2Cl)CC1. The highest BCUT2D eigenvalue weighted by Gasteiger charge is 2.53.